The molecule has 0 aromatic carbocycles. The smallest absolute Gasteiger partial charge is 0.129 e. The van der Waals surface area contributed by atoms with Crippen molar-refractivity contribution in [2.75, 3.05) is 37.6 Å². The second-order valence-electron chi connectivity index (χ2n) is 6.68. The van der Waals surface area contributed by atoms with Gasteiger partial charge in [-0.3, -0.25) is 9.58 Å². The van der Waals surface area contributed by atoms with Crippen LogP contribution in [0.3, 0.4) is 0 Å². The molecule has 0 saturated carbocycles. The molecule has 1 saturated heterocycles. The topological polar surface area (TPSA) is 61.0 Å². The monoisotopic (exact) mass is 338 g/mol. The molecule has 25 heavy (non-hydrogen) atoms. The van der Waals surface area contributed by atoms with Crippen molar-refractivity contribution in [3.05, 3.63) is 41.9 Å². The van der Waals surface area contributed by atoms with Gasteiger partial charge in [-0.05, 0) is 44.0 Å². The molecule has 0 amide bonds. The van der Waals surface area contributed by atoms with Gasteiger partial charge in [0.15, 0.2) is 0 Å². The molecule has 0 aliphatic carbocycles. The van der Waals surface area contributed by atoms with Crippen LogP contribution in [-0.4, -0.2) is 52.4 Å². The number of aryl methyl sites for hydroxylation is 2. The Balaban J connectivity index is 1.33. The lowest BCUT2D eigenvalue weighted by Crippen LogP contribution is -2.46. The maximum Gasteiger partial charge on any atom is 0.129 e. The highest BCUT2D eigenvalue weighted by molar-refractivity contribution is 5.45. The third-order valence-corrected chi connectivity index (χ3v) is 4.69. The third kappa shape index (κ3) is 5.04. The van der Waals surface area contributed by atoms with Gasteiger partial charge in [-0.2, -0.15) is 10.4 Å². The average molecular weight is 338 g/mol. The molecule has 0 N–H and O–H groups in total. The normalized spacial score (nSPS) is 15.3. The quantitative estimate of drug-likeness (QED) is 0.726. The van der Waals surface area contributed by atoms with Crippen LogP contribution in [0.15, 0.2) is 30.7 Å². The first-order valence-corrected chi connectivity index (χ1v) is 9.07. The van der Waals surface area contributed by atoms with Crippen LogP contribution in [0.4, 0.5) is 5.82 Å². The minimum absolute atomic E-state index is 0.680. The van der Waals surface area contributed by atoms with Crippen molar-refractivity contribution in [2.45, 2.75) is 32.7 Å². The number of anilines is 1. The molecule has 6 heteroatoms. The molecule has 0 radical (unpaired) electrons. The zero-order valence-corrected chi connectivity index (χ0v) is 14.9. The molecule has 1 aliphatic rings. The van der Waals surface area contributed by atoms with Gasteiger partial charge in [-0.15, -0.1) is 0 Å². The van der Waals surface area contributed by atoms with Crippen LogP contribution >= 0.6 is 0 Å². The summed E-state index contributed by atoms with van der Waals surface area (Å²) in [4.78, 5) is 9.21. The van der Waals surface area contributed by atoms with E-state index < -0.39 is 0 Å². The Morgan fingerprint density at radius 1 is 1.12 bits per heavy atom. The van der Waals surface area contributed by atoms with E-state index in [0.29, 0.717) is 5.56 Å². The predicted molar refractivity (Wildman–Crippen MR) is 98.4 cm³/mol. The Hall–Kier alpha value is -2.39. The van der Waals surface area contributed by atoms with Gasteiger partial charge in [0, 0.05) is 45.1 Å². The molecule has 0 bridgehead atoms. The lowest BCUT2D eigenvalue weighted by atomic mass is 10.2. The Bertz CT molecular complexity index is 709. The Morgan fingerprint density at radius 3 is 2.64 bits per heavy atom. The number of rotatable bonds is 7. The summed E-state index contributed by atoms with van der Waals surface area (Å²) < 4.78 is 2.04. The molecule has 1 fully saturated rings. The van der Waals surface area contributed by atoms with Crippen molar-refractivity contribution in [2.24, 2.45) is 0 Å². The summed E-state index contributed by atoms with van der Waals surface area (Å²) in [6.07, 6.45) is 9.41. The minimum atomic E-state index is 0.680. The van der Waals surface area contributed by atoms with E-state index >= 15 is 0 Å². The first-order valence-electron chi connectivity index (χ1n) is 9.07. The highest BCUT2D eigenvalue weighted by Gasteiger charge is 2.17. The summed E-state index contributed by atoms with van der Waals surface area (Å²) in [5.74, 6) is 0.924. The molecule has 2 aromatic rings. The van der Waals surface area contributed by atoms with Crippen molar-refractivity contribution in [1.82, 2.24) is 19.7 Å². The lowest BCUT2D eigenvalue weighted by Gasteiger charge is -2.35. The van der Waals surface area contributed by atoms with E-state index in [1.54, 1.807) is 12.3 Å². The van der Waals surface area contributed by atoms with Gasteiger partial charge in [0.2, 0.25) is 0 Å². The molecule has 3 heterocycles. The Labute approximate surface area is 149 Å². The van der Waals surface area contributed by atoms with E-state index in [2.05, 4.69) is 39.1 Å². The zero-order chi connectivity index (χ0) is 17.5. The lowest BCUT2D eigenvalue weighted by molar-refractivity contribution is 0.251. The zero-order valence-electron chi connectivity index (χ0n) is 14.9. The van der Waals surface area contributed by atoms with Gasteiger partial charge >= 0.3 is 0 Å². The van der Waals surface area contributed by atoms with E-state index in [1.807, 2.05) is 16.9 Å². The number of aromatic nitrogens is 3. The van der Waals surface area contributed by atoms with Crippen LogP contribution < -0.4 is 4.90 Å². The van der Waals surface area contributed by atoms with Gasteiger partial charge < -0.3 is 4.90 Å². The second kappa shape index (κ2) is 8.63. The summed E-state index contributed by atoms with van der Waals surface area (Å²) in [6.45, 7) is 8.35. The van der Waals surface area contributed by atoms with Crippen LogP contribution in [0.25, 0.3) is 0 Å². The summed E-state index contributed by atoms with van der Waals surface area (Å²) in [5, 5.41) is 13.3. The van der Waals surface area contributed by atoms with E-state index in [4.69, 9.17) is 5.26 Å². The fraction of sp³-hybridized carbons (Fsp3) is 0.526. The molecule has 0 atom stereocenters. The van der Waals surface area contributed by atoms with Crippen molar-refractivity contribution >= 4 is 5.82 Å². The fourth-order valence-electron chi connectivity index (χ4n) is 3.24. The third-order valence-electron chi connectivity index (χ3n) is 4.69. The summed E-state index contributed by atoms with van der Waals surface area (Å²) in [7, 11) is 0. The van der Waals surface area contributed by atoms with Gasteiger partial charge in [0.1, 0.15) is 5.82 Å². The van der Waals surface area contributed by atoms with E-state index in [1.165, 1.54) is 24.8 Å². The molecule has 0 spiro atoms. The second-order valence-corrected chi connectivity index (χ2v) is 6.68. The maximum absolute atomic E-state index is 9.01. The van der Waals surface area contributed by atoms with Gasteiger partial charge in [0.25, 0.3) is 0 Å². The average Bonchev–Trinajstić information content (AvgIpc) is 3.07. The molecule has 2 aromatic heterocycles. The van der Waals surface area contributed by atoms with Crippen LogP contribution in [0.5, 0.6) is 0 Å². The summed E-state index contributed by atoms with van der Waals surface area (Å²) in [6, 6.07) is 5.82. The number of unbranched alkanes of at least 4 members (excludes halogenated alkanes) is 2. The van der Waals surface area contributed by atoms with Gasteiger partial charge in [-0.25, -0.2) is 4.98 Å². The largest absolute Gasteiger partial charge is 0.354 e. The van der Waals surface area contributed by atoms with Crippen molar-refractivity contribution in [3.8, 4) is 6.07 Å². The highest BCUT2D eigenvalue weighted by Crippen LogP contribution is 2.15. The number of pyridine rings is 1. The van der Waals surface area contributed by atoms with Gasteiger partial charge in [-0.1, -0.05) is 6.42 Å². The number of hydrogen-bond donors (Lipinski definition) is 0. The molecule has 3 rings (SSSR count). The molecule has 6 nitrogen and oxygen atoms in total. The van der Waals surface area contributed by atoms with Crippen molar-refractivity contribution in [1.29, 1.82) is 5.26 Å². The highest BCUT2D eigenvalue weighted by atomic mass is 15.3. The van der Waals surface area contributed by atoms with Crippen LogP contribution in [-0.2, 0) is 6.54 Å². The first kappa shape index (κ1) is 17.4. The van der Waals surface area contributed by atoms with Crippen molar-refractivity contribution < 1.29 is 0 Å². The fourth-order valence-corrected chi connectivity index (χ4v) is 3.24. The molecule has 0 unspecified atom stereocenters. The Kier molecular flexibility index (Phi) is 6.02. The maximum atomic E-state index is 9.01. The predicted octanol–water partition coefficient (Wildman–Crippen LogP) is 2.45. The molecular weight excluding hydrogens is 312 g/mol. The first-order chi connectivity index (χ1) is 12.2. The standard InChI is InChI=1S/C19H26N6/c1-17-15-22-25(16-17)8-4-2-3-7-23-9-11-24(12-10-23)19-13-18(14-20)5-6-21-19/h5-6,13,15-16H,2-4,7-12H2,1H3. The van der Waals surface area contributed by atoms with E-state index in [9.17, 15) is 0 Å². The molecular formula is C19H26N6. The SMILES string of the molecule is Cc1cnn(CCCCCN2CCN(c3cc(C#N)ccn3)CC2)c1. The summed E-state index contributed by atoms with van der Waals surface area (Å²) in [5.41, 5.74) is 1.91. The van der Waals surface area contributed by atoms with Crippen LogP contribution in [0, 0.1) is 18.3 Å². The number of piperazine rings is 1. The summed E-state index contributed by atoms with van der Waals surface area (Å²) >= 11 is 0. The van der Waals surface area contributed by atoms with Crippen molar-refractivity contribution in [3.63, 3.8) is 0 Å². The number of hydrogen-bond acceptors (Lipinski definition) is 5. The van der Waals surface area contributed by atoms with Gasteiger partial charge in [0.05, 0.1) is 17.8 Å². The number of nitriles is 1. The molecule has 1 aliphatic heterocycles. The van der Waals surface area contributed by atoms with E-state index in [-0.39, 0.29) is 0 Å². The Morgan fingerprint density at radius 2 is 1.92 bits per heavy atom. The van der Waals surface area contributed by atoms with Crippen LogP contribution in [0.2, 0.25) is 0 Å². The van der Waals surface area contributed by atoms with Crippen LogP contribution in [0.1, 0.15) is 30.4 Å². The van der Waals surface area contributed by atoms with E-state index in [0.717, 1.165) is 45.1 Å². The number of nitrogens with zero attached hydrogens (tertiary/aromatic N) is 6. The molecule has 132 valence electrons. The minimum Gasteiger partial charge on any atom is -0.354 e.